The van der Waals surface area contributed by atoms with E-state index in [2.05, 4.69) is 0 Å². The van der Waals surface area contributed by atoms with E-state index in [1.807, 2.05) is 60.7 Å². The normalized spacial score (nSPS) is 17.0. The lowest BCUT2D eigenvalue weighted by Gasteiger charge is -2.26. The number of esters is 1. The Balaban J connectivity index is 2.17. The van der Waals surface area contributed by atoms with Crippen LogP contribution in [0.5, 0.6) is 0 Å². The van der Waals surface area contributed by atoms with Crippen LogP contribution in [0.15, 0.2) is 72.0 Å². The molecular weight excluding hydrogens is 318 g/mol. The van der Waals surface area contributed by atoms with Gasteiger partial charge in [-0.1, -0.05) is 48.5 Å². The highest BCUT2D eigenvalue weighted by Gasteiger charge is 2.45. The maximum absolute atomic E-state index is 13.0. The second-order valence-electron chi connectivity index (χ2n) is 5.49. The molecule has 0 radical (unpaired) electrons. The van der Waals surface area contributed by atoms with Crippen LogP contribution in [-0.2, 0) is 19.1 Å². The molecular formula is C20H19NO4. The number of carbonyl (C=O) groups excluding carboxylic acids is 2. The van der Waals surface area contributed by atoms with Gasteiger partial charge in [-0.05, 0) is 24.6 Å². The molecule has 5 heteroatoms. The van der Waals surface area contributed by atoms with Gasteiger partial charge in [0.2, 0.25) is 0 Å². The Bertz CT molecular complexity index is 799. The van der Waals surface area contributed by atoms with Gasteiger partial charge in [-0.3, -0.25) is 9.69 Å². The van der Waals surface area contributed by atoms with Crippen LogP contribution in [0.1, 0.15) is 18.5 Å². The third-order valence-electron chi connectivity index (χ3n) is 4.04. The number of rotatable bonds is 5. The summed E-state index contributed by atoms with van der Waals surface area (Å²) in [5.41, 5.74) is 1.73. The lowest BCUT2D eigenvalue weighted by molar-refractivity contribution is -0.139. The molecule has 1 atom stereocenters. The average molecular weight is 337 g/mol. The maximum Gasteiger partial charge on any atom is 0.340 e. The summed E-state index contributed by atoms with van der Waals surface area (Å²) in [7, 11) is 1.39. The molecule has 1 aliphatic rings. The highest BCUT2D eigenvalue weighted by molar-refractivity contribution is 6.15. The fraction of sp³-hybridized carbons (Fsp3) is 0.200. The van der Waals surface area contributed by atoms with Crippen LogP contribution in [0, 0.1) is 0 Å². The molecule has 5 nitrogen and oxygen atoms in total. The zero-order chi connectivity index (χ0) is 17.8. The van der Waals surface area contributed by atoms with E-state index in [0.29, 0.717) is 5.69 Å². The number of hydrogen-bond donors (Lipinski definition) is 0. The van der Waals surface area contributed by atoms with Gasteiger partial charge in [-0.15, -0.1) is 0 Å². The summed E-state index contributed by atoms with van der Waals surface area (Å²) in [5, 5.41) is 0. The molecule has 0 saturated carbocycles. The molecule has 0 spiro atoms. The first-order chi connectivity index (χ1) is 12.2. The van der Waals surface area contributed by atoms with E-state index in [1.54, 1.807) is 11.8 Å². The number of ether oxygens (including phenoxy) is 2. The Labute approximate surface area is 146 Å². The van der Waals surface area contributed by atoms with Gasteiger partial charge in [-0.25, -0.2) is 4.79 Å². The van der Waals surface area contributed by atoms with Gasteiger partial charge < -0.3 is 9.47 Å². The fourth-order valence-electron chi connectivity index (χ4n) is 3.01. The zero-order valence-corrected chi connectivity index (χ0v) is 14.1. The topological polar surface area (TPSA) is 55.8 Å². The summed E-state index contributed by atoms with van der Waals surface area (Å²) < 4.78 is 10.5. The Hall–Kier alpha value is -3.08. The first-order valence-corrected chi connectivity index (χ1v) is 8.07. The highest BCUT2D eigenvalue weighted by Crippen LogP contribution is 2.41. The number of para-hydroxylation sites is 1. The Morgan fingerprint density at radius 2 is 1.64 bits per heavy atom. The second-order valence-corrected chi connectivity index (χ2v) is 5.49. The van der Waals surface area contributed by atoms with Gasteiger partial charge in [0.15, 0.2) is 5.76 Å². The van der Waals surface area contributed by atoms with Crippen LogP contribution in [-0.4, -0.2) is 25.6 Å². The summed E-state index contributed by atoms with van der Waals surface area (Å²) in [4.78, 5) is 27.1. The largest absolute Gasteiger partial charge is 0.491 e. The summed E-state index contributed by atoms with van der Waals surface area (Å²) in [6.07, 6.45) is 0. The molecule has 0 saturated heterocycles. The third kappa shape index (κ3) is 3.01. The standard InChI is InChI=1S/C20H19NO4/c1-3-25-20(23)16-17(14-10-6-4-7-11-14)21(19(22)18(16)24-2)15-12-8-5-9-13-15/h4-13,17H,3H2,1-2H3. The van der Waals surface area contributed by atoms with Crippen molar-refractivity contribution >= 4 is 17.6 Å². The van der Waals surface area contributed by atoms with E-state index in [1.165, 1.54) is 7.11 Å². The minimum Gasteiger partial charge on any atom is -0.491 e. The van der Waals surface area contributed by atoms with Crippen molar-refractivity contribution in [2.24, 2.45) is 0 Å². The number of carbonyl (C=O) groups is 2. The Kier molecular flexibility index (Phi) is 4.84. The molecule has 0 aliphatic carbocycles. The minimum absolute atomic E-state index is 0.0242. The maximum atomic E-state index is 13.0. The summed E-state index contributed by atoms with van der Waals surface area (Å²) in [6.45, 7) is 1.95. The van der Waals surface area contributed by atoms with E-state index < -0.39 is 12.0 Å². The van der Waals surface area contributed by atoms with Crippen LogP contribution in [0.4, 0.5) is 5.69 Å². The first kappa shape index (κ1) is 16.8. The van der Waals surface area contributed by atoms with E-state index in [4.69, 9.17) is 9.47 Å². The summed E-state index contributed by atoms with van der Waals surface area (Å²) in [6, 6.07) is 18.0. The van der Waals surface area contributed by atoms with Crippen molar-refractivity contribution in [1.29, 1.82) is 0 Å². The fourth-order valence-corrected chi connectivity index (χ4v) is 3.01. The number of nitrogens with zero attached hydrogens (tertiary/aromatic N) is 1. The van der Waals surface area contributed by atoms with Crippen molar-refractivity contribution in [3.8, 4) is 0 Å². The molecule has 0 N–H and O–H groups in total. The predicted octanol–water partition coefficient (Wildman–Crippen LogP) is 3.24. The second kappa shape index (κ2) is 7.21. The van der Waals surface area contributed by atoms with Crippen molar-refractivity contribution < 1.29 is 19.1 Å². The van der Waals surface area contributed by atoms with Gasteiger partial charge in [-0.2, -0.15) is 0 Å². The van der Waals surface area contributed by atoms with Crippen molar-refractivity contribution in [1.82, 2.24) is 0 Å². The quantitative estimate of drug-likeness (QED) is 0.786. The number of benzene rings is 2. The van der Waals surface area contributed by atoms with E-state index in [0.717, 1.165) is 5.56 Å². The van der Waals surface area contributed by atoms with Gasteiger partial charge in [0.25, 0.3) is 5.91 Å². The van der Waals surface area contributed by atoms with Crippen molar-refractivity contribution in [2.45, 2.75) is 13.0 Å². The number of hydrogen-bond acceptors (Lipinski definition) is 4. The highest BCUT2D eigenvalue weighted by atomic mass is 16.5. The zero-order valence-electron chi connectivity index (χ0n) is 14.1. The van der Waals surface area contributed by atoms with Crippen molar-refractivity contribution in [3.05, 3.63) is 77.6 Å². The minimum atomic E-state index is -0.593. The molecule has 1 unspecified atom stereocenters. The number of amides is 1. The Morgan fingerprint density at radius 1 is 1.04 bits per heavy atom. The van der Waals surface area contributed by atoms with Crippen LogP contribution in [0.3, 0.4) is 0 Å². The van der Waals surface area contributed by atoms with Crippen LogP contribution in [0.25, 0.3) is 0 Å². The van der Waals surface area contributed by atoms with Gasteiger partial charge in [0, 0.05) is 5.69 Å². The lowest BCUT2D eigenvalue weighted by Crippen LogP contribution is -2.31. The molecule has 1 heterocycles. The van der Waals surface area contributed by atoms with Gasteiger partial charge in [0.1, 0.15) is 5.57 Å². The third-order valence-corrected chi connectivity index (χ3v) is 4.04. The first-order valence-electron chi connectivity index (χ1n) is 8.07. The van der Waals surface area contributed by atoms with Crippen LogP contribution in [0.2, 0.25) is 0 Å². The molecule has 2 aromatic carbocycles. The average Bonchev–Trinajstić information content (AvgIpc) is 2.95. The van der Waals surface area contributed by atoms with Crippen LogP contribution >= 0.6 is 0 Å². The number of methoxy groups -OCH3 is 1. The SMILES string of the molecule is CCOC(=O)C1=C(OC)C(=O)N(c2ccccc2)C1c1ccccc1. The lowest BCUT2D eigenvalue weighted by atomic mass is 9.99. The molecule has 0 fully saturated rings. The van der Waals surface area contributed by atoms with E-state index >= 15 is 0 Å². The van der Waals surface area contributed by atoms with Crippen LogP contribution < -0.4 is 4.90 Å². The molecule has 0 bridgehead atoms. The summed E-state index contributed by atoms with van der Waals surface area (Å²) in [5.74, 6) is -0.873. The van der Waals surface area contributed by atoms with E-state index in [9.17, 15) is 9.59 Å². The molecule has 25 heavy (non-hydrogen) atoms. The molecule has 1 aliphatic heterocycles. The summed E-state index contributed by atoms with van der Waals surface area (Å²) >= 11 is 0. The van der Waals surface area contributed by atoms with Crippen molar-refractivity contribution in [3.63, 3.8) is 0 Å². The molecule has 3 rings (SSSR count). The van der Waals surface area contributed by atoms with E-state index in [-0.39, 0.29) is 23.8 Å². The monoisotopic (exact) mass is 337 g/mol. The molecule has 1 amide bonds. The Morgan fingerprint density at radius 3 is 2.20 bits per heavy atom. The van der Waals surface area contributed by atoms with Gasteiger partial charge >= 0.3 is 5.97 Å². The molecule has 2 aromatic rings. The van der Waals surface area contributed by atoms with Crippen molar-refractivity contribution in [2.75, 3.05) is 18.6 Å². The smallest absolute Gasteiger partial charge is 0.340 e. The number of anilines is 1. The molecule has 128 valence electrons. The van der Waals surface area contributed by atoms with Gasteiger partial charge in [0.05, 0.1) is 19.8 Å². The molecule has 0 aromatic heterocycles. The predicted molar refractivity (Wildman–Crippen MR) is 93.8 cm³/mol.